The van der Waals surface area contributed by atoms with Gasteiger partial charge in [-0.05, 0) is 50.3 Å². The largest absolute Gasteiger partial charge is 0.461 e. The lowest BCUT2D eigenvalue weighted by Gasteiger charge is -2.40. The topological polar surface area (TPSA) is 61.9 Å². The zero-order chi connectivity index (χ0) is 21.3. The molecule has 166 valence electrons. The van der Waals surface area contributed by atoms with E-state index in [-0.39, 0.29) is 18.0 Å². The van der Waals surface area contributed by atoms with Gasteiger partial charge in [0, 0.05) is 62.8 Å². The van der Waals surface area contributed by atoms with Gasteiger partial charge in [-0.3, -0.25) is 14.5 Å². The third kappa shape index (κ3) is 6.88. The Morgan fingerprint density at radius 1 is 1.13 bits per heavy atom. The van der Waals surface area contributed by atoms with Crippen LogP contribution in [0.25, 0.3) is 0 Å². The predicted octanol–water partition coefficient (Wildman–Crippen LogP) is 3.62. The van der Waals surface area contributed by atoms with Crippen LogP contribution in [-0.2, 0) is 14.3 Å². The van der Waals surface area contributed by atoms with E-state index in [1.165, 1.54) is 12.6 Å². The molecule has 0 bridgehead atoms. The highest BCUT2D eigenvalue weighted by Gasteiger charge is 2.36. The molecule has 0 unspecified atom stereocenters. The van der Waals surface area contributed by atoms with Gasteiger partial charge in [0.1, 0.15) is 6.10 Å². The molecular formula is C23H34ClN3O3. The first-order valence-corrected chi connectivity index (χ1v) is 11.6. The van der Waals surface area contributed by atoms with E-state index in [2.05, 4.69) is 21.2 Å². The van der Waals surface area contributed by atoms with Gasteiger partial charge in [-0.25, -0.2) is 0 Å². The van der Waals surface area contributed by atoms with Crippen molar-refractivity contribution in [2.45, 2.75) is 64.0 Å². The molecule has 30 heavy (non-hydrogen) atoms. The molecular weight excluding hydrogens is 402 g/mol. The second kappa shape index (κ2) is 11.6. The Balaban J connectivity index is 1.38. The molecule has 1 N–H and O–H groups in total. The summed E-state index contributed by atoms with van der Waals surface area (Å²) in [6.07, 6.45) is 6.31. The highest BCUT2D eigenvalue weighted by atomic mass is 35.5. The average Bonchev–Trinajstić information content (AvgIpc) is 3.18. The highest BCUT2D eigenvalue weighted by Crippen LogP contribution is 2.29. The van der Waals surface area contributed by atoms with E-state index < -0.39 is 0 Å². The lowest BCUT2D eigenvalue weighted by Crippen LogP contribution is -2.53. The summed E-state index contributed by atoms with van der Waals surface area (Å²) in [5.74, 6) is -0.0842. The standard InChI is InChI=1S/C23H34ClN3O3/c1-18(28)25-12-4-2-3-11-23(29)30-22-10-6-9-21(22)27-15-13-26(14-16-27)20-8-5-7-19(24)17-20/h5,7-8,17,21-22H,2-4,6,9-16H2,1H3,(H,25,28)/t21-,22+/m1/s1. The molecule has 1 amide bonds. The van der Waals surface area contributed by atoms with Crippen molar-refractivity contribution in [3.05, 3.63) is 29.3 Å². The molecule has 1 aliphatic heterocycles. The van der Waals surface area contributed by atoms with Crippen LogP contribution in [0, 0.1) is 0 Å². The number of hydrogen-bond donors (Lipinski definition) is 1. The summed E-state index contributed by atoms with van der Waals surface area (Å²) < 4.78 is 5.87. The molecule has 6 nitrogen and oxygen atoms in total. The van der Waals surface area contributed by atoms with Crippen molar-refractivity contribution in [3.63, 3.8) is 0 Å². The molecule has 1 aromatic rings. The molecule has 2 aliphatic rings. The molecule has 1 heterocycles. The summed E-state index contributed by atoms with van der Waals surface area (Å²) >= 11 is 6.14. The van der Waals surface area contributed by atoms with Crippen LogP contribution in [0.3, 0.4) is 0 Å². The lowest BCUT2D eigenvalue weighted by atomic mass is 10.1. The number of nitrogens with zero attached hydrogens (tertiary/aromatic N) is 2. The Kier molecular flexibility index (Phi) is 8.82. The summed E-state index contributed by atoms with van der Waals surface area (Å²) in [6.45, 7) is 6.09. The first-order chi connectivity index (χ1) is 14.5. The number of carbonyl (C=O) groups is 2. The second-order valence-electron chi connectivity index (χ2n) is 8.32. The van der Waals surface area contributed by atoms with Crippen molar-refractivity contribution in [3.8, 4) is 0 Å². The van der Waals surface area contributed by atoms with Gasteiger partial charge in [-0.1, -0.05) is 24.1 Å². The van der Waals surface area contributed by atoms with E-state index in [9.17, 15) is 9.59 Å². The third-order valence-corrected chi connectivity index (χ3v) is 6.32. The minimum absolute atomic E-state index is 0.00455. The van der Waals surface area contributed by atoms with Gasteiger partial charge in [0.05, 0.1) is 0 Å². The maximum Gasteiger partial charge on any atom is 0.306 e. The van der Waals surface area contributed by atoms with Crippen LogP contribution in [0.4, 0.5) is 5.69 Å². The van der Waals surface area contributed by atoms with Crippen LogP contribution in [0.15, 0.2) is 24.3 Å². The number of rotatable bonds is 9. The van der Waals surface area contributed by atoms with Gasteiger partial charge >= 0.3 is 5.97 Å². The fourth-order valence-corrected chi connectivity index (χ4v) is 4.69. The normalized spacial score (nSPS) is 22.1. The molecule has 7 heteroatoms. The highest BCUT2D eigenvalue weighted by molar-refractivity contribution is 6.30. The minimum atomic E-state index is -0.0796. The smallest absolute Gasteiger partial charge is 0.306 e. The number of amides is 1. The summed E-state index contributed by atoms with van der Waals surface area (Å²) in [5, 5.41) is 3.55. The fourth-order valence-electron chi connectivity index (χ4n) is 4.51. The maximum absolute atomic E-state index is 12.3. The number of halogens is 1. The van der Waals surface area contributed by atoms with Crippen molar-refractivity contribution in [2.75, 3.05) is 37.6 Å². The number of hydrogen-bond acceptors (Lipinski definition) is 5. The van der Waals surface area contributed by atoms with Gasteiger partial charge in [0.25, 0.3) is 0 Å². The lowest BCUT2D eigenvalue weighted by molar-refractivity contribution is -0.151. The summed E-state index contributed by atoms with van der Waals surface area (Å²) in [7, 11) is 0. The quantitative estimate of drug-likeness (QED) is 0.474. The first kappa shape index (κ1) is 22.9. The molecule has 0 radical (unpaired) electrons. The minimum Gasteiger partial charge on any atom is -0.461 e. The predicted molar refractivity (Wildman–Crippen MR) is 120 cm³/mol. The van der Waals surface area contributed by atoms with Gasteiger partial charge < -0.3 is 15.0 Å². The fraction of sp³-hybridized carbons (Fsp3) is 0.652. The summed E-state index contributed by atoms with van der Waals surface area (Å²) in [4.78, 5) is 28.0. The van der Waals surface area contributed by atoms with E-state index >= 15 is 0 Å². The molecule has 2 fully saturated rings. The van der Waals surface area contributed by atoms with E-state index in [0.29, 0.717) is 19.0 Å². The average molecular weight is 436 g/mol. The molecule has 0 aromatic heterocycles. The first-order valence-electron chi connectivity index (χ1n) is 11.2. The van der Waals surface area contributed by atoms with E-state index in [1.54, 1.807) is 0 Å². The number of piperazine rings is 1. The Morgan fingerprint density at radius 3 is 2.67 bits per heavy atom. The molecule has 2 atom stereocenters. The maximum atomic E-state index is 12.3. The zero-order valence-corrected chi connectivity index (χ0v) is 18.7. The van der Waals surface area contributed by atoms with E-state index in [4.69, 9.17) is 16.3 Å². The second-order valence-corrected chi connectivity index (χ2v) is 8.76. The Morgan fingerprint density at radius 2 is 1.93 bits per heavy atom. The Hall–Kier alpha value is -1.79. The third-order valence-electron chi connectivity index (χ3n) is 6.09. The van der Waals surface area contributed by atoms with Crippen LogP contribution in [0.1, 0.15) is 51.9 Å². The van der Waals surface area contributed by atoms with Crippen molar-refractivity contribution in [2.24, 2.45) is 0 Å². The van der Waals surface area contributed by atoms with Crippen molar-refractivity contribution < 1.29 is 14.3 Å². The van der Waals surface area contributed by atoms with Crippen LogP contribution < -0.4 is 10.2 Å². The Bertz CT molecular complexity index is 707. The van der Waals surface area contributed by atoms with Crippen LogP contribution in [-0.4, -0.2) is 61.6 Å². The van der Waals surface area contributed by atoms with E-state index in [0.717, 1.165) is 69.7 Å². The van der Waals surface area contributed by atoms with Crippen LogP contribution >= 0.6 is 11.6 Å². The molecule has 1 saturated carbocycles. The van der Waals surface area contributed by atoms with Gasteiger partial charge in [0.15, 0.2) is 0 Å². The summed E-state index contributed by atoms with van der Waals surface area (Å²) in [5.41, 5.74) is 1.18. The number of ether oxygens (including phenoxy) is 1. The van der Waals surface area contributed by atoms with E-state index in [1.807, 2.05) is 18.2 Å². The number of nitrogens with one attached hydrogen (secondary N) is 1. The van der Waals surface area contributed by atoms with Crippen molar-refractivity contribution in [1.29, 1.82) is 0 Å². The SMILES string of the molecule is CC(=O)NCCCCCC(=O)O[C@H]1CCC[C@H]1N1CCN(c2cccc(Cl)c2)CC1. The number of benzene rings is 1. The molecule has 0 spiro atoms. The van der Waals surface area contributed by atoms with Gasteiger partial charge in [0.2, 0.25) is 5.91 Å². The number of carbonyl (C=O) groups excluding carboxylic acids is 2. The zero-order valence-electron chi connectivity index (χ0n) is 17.9. The van der Waals surface area contributed by atoms with Gasteiger partial charge in [-0.15, -0.1) is 0 Å². The molecule has 1 saturated heterocycles. The molecule has 1 aliphatic carbocycles. The number of anilines is 1. The number of esters is 1. The molecule has 1 aromatic carbocycles. The van der Waals surface area contributed by atoms with Crippen molar-refractivity contribution >= 4 is 29.2 Å². The monoisotopic (exact) mass is 435 g/mol. The van der Waals surface area contributed by atoms with Crippen molar-refractivity contribution in [1.82, 2.24) is 10.2 Å². The summed E-state index contributed by atoms with van der Waals surface area (Å²) in [6, 6.07) is 8.37. The molecule has 3 rings (SSSR count). The Labute approximate surface area is 184 Å². The van der Waals surface area contributed by atoms with Crippen LogP contribution in [0.2, 0.25) is 5.02 Å². The number of unbranched alkanes of at least 4 members (excludes halogenated alkanes) is 2. The van der Waals surface area contributed by atoms with Crippen LogP contribution in [0.5, 0.6) is 0 Å². The van der Waals surface area contributed by atoms with Gasteiger partial charge in [-0.2, -0.15) is 0 Å².